The second-order valence-corrected chi connectivity index (χ2v) is 5.39. The Morgan fingerprint density at radius 2 is 2.17 bits per heavy atom. The van der Waals surface area contributed by atoms with E-state index in [0.29, 0.717) is 5.56 Å². The normalized spacial score (nSPS) is 18.1. The van der Waals surface area contributed by atoms with Gasteiger partial charge < -0.3 is 5.32 Å². The molecule has 0 atom stereocenters. The predicted molar refractivity (Wildman–Crippen MR) is 70.4 cm³/mol. The SMILES string of the molecule is CC1(NC(=O)c2ccc3cn[nH]c3c2)CCCC1. The highest BCUT2D eigenvalue weighted by atomic mass is 16.1. The molecule has 1 amide bonds. The topological polar surface area (TPSA) is 57.8 Å². The van der Waals surface area contributed by atoms with Gasteiger partial charge in [-0.2, -0.15) is 5.10 Å². The first-order valence-corrected chi connectivity index (χ1v) is 6.42. The van der Waals surface area contributed by atoms with Gasteiger partial charge in [-0.15, -0.1) is 0 Å². The van der Waals surface area contributed by atoms with Gasteiger partial charge in [0.15, 0.2) is 0 Å². The van der Waals surface area contributed by atoms with Crippen LogP contribution < -0.4 is 5.32 Å². The summed E-state index contributed by atoms with van der Waals surface area (Å²) in [5, 5.41) is 11.0. The predicted octanol–water partition coefficient (Wildman–Crippen LogP) is 2.63. The van der Waals surface area contributed by atoms with Crippen molar-refractivity contribution >= 4 is 16.8 Å². The average molecular weight is 243 g/mol. The van der Waals surface area contributed by atoms with Crippen molar-refractivity contribution in [2.75, 3.05) is 0 Å². The quantitative estimate of drug-likeness (QED) is 0.851. The smallest absolute Gasteiger partial charge is 0.251 e. The zero-order chi connectivity index (χ0) is 12.6. The number of aromatic nitrogens is 2. The molecule has 94 valence electrons. The van der Waals surface area contributed by atoms with Crippen LogP contribution in [0.2, 0.25) is 0 Å². The Balaban J connectivity index is 1.82. The summed E-state index contributed by atoms with van der Waals surface area (Å²) in [6, 6.07) is 5.63. The van der Waals surface area contributed by atoms with Gasteiger partial charge in [-0.1, -0.05) is 18.9 Å². The van der Waals surface area contributed by atoms with E-state index in [1.165, 1.54) is 12.8 Å². The molecular formula is C14H17N3O. The minimum absolute atomic E-state index is 0.0101. The Kier molecular flexibility index (Phi) is 2.58. The number of hydrogen-bond donors (Lipinski definition) is 2. The lowest BCUT2D eigenvalue weighted by molar-refractivity contribution is 0.0908. The molecule has 0 spiro atoms. The van der Waals surface area contributed by atoms with E-state index in [0.717, 1.165) is 23.7 Å². The van der Waals surface area contributed by atoms with E-state index in [4.69, 9.17) is 0 Å². The second kappa shape index (κ2) is 4.12. The van der Waals surface area contributed by atoms with E-state index >= 15 is 0 Å². The van der Waals surface area contributed by atoms with Crippen molar-refractivity contribution in [3.05, 3.63) is 30.0 Å². The Morgan fingerprint density at radius 1 is 1.39 bits per heavy atom. The van der Waals surface area contributed by atoms with Gasteiger partial charge in [-0.05, 0) is 31.9 Å². The molecule has 2 aromatic rings. The summed E-state index contributed by atoms with van der Waals surface area (Å²) in [4.78, 5) is 12.2. The maximum absolute atomic E-state index is 12.2. The van der Waals surface area contributed by atoms with E-state index in [1.54, 1.807) is 6.20 Å². The van der Waals surface area contributed by atoms with Crippen LogP contribution in [-0.2, 0) is 0 Å². The molecule has 0 bridgehead atoms. The highest BCUT2D eigenvalue weighted by molar-refractivity contribution is 5.98. The molecule has 1 fully saturated rings. The number of amides is 1. The number of H-pyrrole nitrogens is 1. The lowest BCUT2D eigenvalue weighted by Gasteiger charge is -2.25. The highest BCUT2D eigenvalue weighted by Gasteiger charge is 2.30. The van der Waals surface area contributed by atoms with Gasteiger partial charge >= 0.3 is 0 Å². The first-order chi connectivity index (χ1) is 8.66. The first-order valence-electron chi connectivity index (χ1n) is 6.42. The largest absolute Gasteiger partial charge is 0.347 e. The maximum Gasteiger partial charge on any atom is 0.251 e. The number of carbonyl (C=O) groups excluding carboxylic acids is 1. The van der Waals surface area contributed by atoms with Crippen molar-refractivity contribution in [1.29, 1.82) is 0 Å². The van der Waals surface area contributed by atoms with Gasteiger partial charge in [0.1, 0.15) is 0 Å². The Hall–Kier alpha value is -1.84. The lowest BCUT2D eigenvalue weighted by atomic mass is 10.00. The summed E-state index contributed by atoms with van der Waals surface area (Å²) in [5.41, 5.74) is 1.57. The third kappa shape index (κ3) is 1.98. The Bertz CT molecular complexity index is 581. The fourth-order valence-corrected chi connectivity index (χ4v) is 2.70. The molecule has 1 saturated carbocycles. The van der Waals surface area contributed by atoms with Gasteiger partial charge in [0.2, 0.25) is 0 Å². The van der Waals surface area contributed by atoms with Crippen LogP contribution >= 0.6 is 0 Å². The van der Waals surface area contributed by atoms with Crippen LogP contribution in [0.25, 0.3) is 10.9 Å². The van der Waals surface area contributed by atoms with Crippen molar-refractivity contribution in [3.63, 3.8) is 0 Å². The molecule has 3 rings (SSSR count). The number of hydrogen-bond acceptors (Lipinski definition) is 2. The van der Waals surface area contributed by atoms with Gasteiger partial charge in [-0.25, -0.2) is 0 Å². The molecule has 0 saturated heterocycles. The van der Waals surface area contributed by atoms with Crippen LogP contribution in [0.4, 0.5) is 0 Å². The molecule has 0 unspecified atom stereocenters. The van der Waals surface area contributed by atoms with Crippen molar-refractivity contribution in [3.8, 4) is 0 Å². The van der Waals surface area contributed by atoms with Crippen molar-refractivity contribution in [2.24, 2.45) is 0 Å². The van der Waals surface area contributed by atoms with Crippen LogP contribution in [0.3, 0.4) is 0 Å². The van der Waals surface area contributed by atoms with Crippen LogP contribution in [0.1, 0.15) is 43.0 Å². The fourth-order valence-electron chi connectivity index (χ4n) is 2.70. The van der Waals surface area contributed by atoms with Crippen LogP contribution in [-0.4, -0.2) is 21.6 Å². The van der Waals surface area contributed by atoms with Gasteiger partial charge in [0.05, 0.1) is 11.7 Å². The summed E-state index contributed by atoms with van der Waals surface area (Å²) < 4.78 is 0. The van der Waals surface area contributed by atoms with Gasteiger partial charge in [0, 0.05) is 16.5 Å². The van der Waals surface area contributed by atoms with E-state index in [-0.39, 0.29) is 11.4 Å². The van der Waals surface area contributed by atoms with E-state index in [9.17, 15) is 4.79 Å². The molecule has 4 heteroatoms. The molecule has 0 aliphatic heterocycles. The zero-order valence-electron chi connectivity index (χ0n) is 10.5. The summed E-state index contributed by atoms with van der Waals surface area (Å²) >= 11 is 0. The molecule has 1 aromatic carbocycles. The average Bonchev–Trinajstić information content (AvgIpc) is 2.96. The second-order valence-electron chi connectivity index (χ2n) is 5.39. The first kappa shape index (κ1) is 11.3. The van der Waals surface area contributed by atoms with Gasteiger partial charge in [0.25, 0.3) is 5.91 Å². The summed E-state index contributed by atoms with van der Waals surface area (Å²) in [6.07, 6.45) is 6.32. The third-order valence-corrected chi connectivity index (χ3v) is 3.83. The summed E-state index contributed by atoms with van der Waals surface area (Å²) in [7, 11) is 0. The monoisotopic (exact) mass is 243 g/mol. The lowest BCUT2D eigenvalue weighted by Crippen LogP contribution is -2.43. The standard InChI is InChI=1S/C14H17N3O/c1-14(6-2-3-7-14)16-13(18)10-4-5-11-9-15-17-12(11)8-10/h4-5,8-9H,2-3,6-7H2,1H3,(H,15,17)(H,16,18). The van der Waals surface area contributed by atoms with Crippen molar-refractivity contribution in [2.45, 2.75) is 38.1 Å². The molecular weight excluding hydrogens is 226 g/mol. The number of benzene rings is 1. The zero-order valence-corrected chi connectivity index (χ0v) is 10.5. The van der Waals surface area contributed by atoms with Crippen molar-refractivity contribution < 1.29 is 4.79 Å². The Labute approximate surface area is 106 Å². The molecule has 1 heterocycles. The van der Waals surface area contributed by atoms with Crippen LogP contribution in [0.15, 0.2) is 24.4 Å². The number of fused-ring (bicyclic) bond motifs is 1. The third-order valence-electron chi connectivity index (χ3n) is 3.83. The number of rotatable bonds is 2. The fraction of sp³-hybridized carbons (Fsp3) is 0.429. The Morgan fingerprint density at radius 3 is 2.94 bits per heavy atom. The summed E-state index contributed by atoms with van der Waals surface area (Å²) in [5.74, 6) is 0.0101. The highest BCUT2D eigenvalue weighted by Crippen LogP contribution is 2.29. The number of nitrogens with one attached hydrogen (secondary N) is 2. The van der Waals surface area contributed by atoms with Gasteiger partial charge in [-0.3, -0.25) is 9.89 Å². The molecule has 2 N–H and O–H groups in total. The van der Waals surface area contributed by atoms with E-state index in [2.05, 4.69) is 22.4 Å². The number of aromatic amines is 1. The minimum Gasteiger partial charge on any atom is -0.347 e. The molecule has 1 aromatic heterocycles. The molecule has 18 heavy (non-hydrogen) atoms. The molecule has 1 aliphatic carbocycles. The van der Waals surface area contributed by atoms with Crippen molar-refractivity contribution in [1.82, 2.24) is 15.5 Å². The molecule has 0 radical (unpaired) electrons. The van der Waals surface area contributed by atoms with E-state index in [1.807, 2.05) is 18.2 Å². The maximum atomic E-state index is 12.2. The van der Waals surface area contributed by atoms with Crippen LogP contribution in [0, 0.1) is 0 Å². The molecule has 1 aliphatic rings. The summed E-state index contributed by atoms with van der Waals surface area (Å²) in [6.45, 7) is 2.13. The number of carbonyl (C=O) groups is 1. The minimum atomic E-state index is -0.0278. The number of nitrogens with zero attached hydrogens (tertiary/aromatic N) is 1. The molecule has 4 nitrogen and oxygen atoms in total. The van der Waals surface area contributed by atoms with E-state index < -0.39 is 0 Å². The van der Waals surface area contributed by atoms with Crippen LogP contribution in [0.5, 0.6) is 0 Å².